The first-order valence-corrected chi connectivity index (χ1v) is 10.3. The zero-order valence-electron chi connectivity index (χ0n) is 16.4. The molecular weight excluding hydrogens is 441 g/mol. The molecule has 0 saturated carbocycles. The Morgan fingerprint density at radius 1 is 1.13 bits per heavy atom. The minimum absolute atomic E-state index is 0.0992. The topological polar surface area (TPSA) is 81.7 Å². The molecule has 0 fully saturated rings. The molecule has 2 aromatic carbocycles. The van der Waals surface area contributed by atoms with Crippen LogP contribution < -0.4 is 15.5 Å². The van der Waals surface area contributed by atoms with Crippen molar-refractivity contribution in [2.24, 2.45) is 0 Å². The number of carbonyl (C=O) groups excluding carboxylic acids is 1. The molecule has 0 aliphatic rings. The van der Waals surface area contributed by atoms with E-state index < -0.39 is 17.4 Å². The molecule has 6 nitrogen and oxygen atoms in total. The number of furan rings is 1. The number of hydrogen-bond donors (Lipinski definition) is 1. The van der Waals surface area contributed by atoms with Gasteiger partial charge < -0.3 is 18.9 Å². The summed E-state index contributed by atoms with van der Waals surface area (Å²) in [6.45, 7) is 1.77. The molecule has 0 radical (unpaired) electrons. The molecule has 2 aromatic heterocycles. The molecule has 0 aliphatic heterocycles. The number of para-hydroxylation sites is 1. The summed E-state index contributed by atoms with van der Waals surface area (Å²) in [6, 6.07) is 14.8. The fourth-order valence-corrected chi connectivity index (χ4v) is 3.53. The standard InChI is InChI=1S/C23H17Cl2NO5/c1-2-17(23(28)26-16-10-9-13(24)12-15(16)25)30-22-20(27)14-6-3-4-7-18(14)31-21(22)19-8-5-11-29-19/h3-12,17H,2H2,1H3,(H,26,28). The maximum atomic E-state index is 13.2. The van der Waals surface area contributed by atoms with Crippen molar-refractivity contribution in [1.29, 1.82) is 0 Å². The van der Waals surface area contributed by atoms with Gasteiger partial charge in [0.2, 0.25) is 16.9 Å². The fraction of sp³-hybridized carbons (Fsp3) is 0.130. The summed E-state index contributed by atoms with van der Waals surface area (Å²) in [5, 5.41) is 3.78. The molecule has 0 bridgehead atoms. The predicted octanol–water partition coefficient (Wildman–Crippen LogP) is 6.16. The second-order valence-electron chi connectivity index (χ2n) is 6.69. The highest BCUT2D eigenvalue weighted by atomic mass is 35.5. The van der Waals surface area contributed by atoms with Crippen molar-refractivity contribution in [3.63, 3.8) is 0 Å². The number of ether oxygens (including phenoxy) is 1. The van der Waals surface area contributed by atoms with E-state index in [4.69, 9.17) is 36.8 Å². The summed E-state index contributed by atoms with van der Waals surface area (Å²) in [5.41, 5.74) is 0.371. The molecule has 31 heavy (non-hydrogen) atoms. The van der Waals surface area contributed by atoms with Gasteiger partial charge in [0.1, 0.15) is 5.58 Å². The highest BCUT2D eigenvalue weighted by molar-refractivity contribution is 6.36. The van der Waals surface area contributed by atoms with Gasteiger partial charge in [0, 0.05) is 5.02 Å². The summed E-state index contributed by atoms with van der Waals surface area (Å²) in [5.74, 6) is -0.138. The molecule has 2 heterocycles. The van der Waals surface area contributed by atoms with Gasteiger partial charge in [-0.2, -0.15) is 0 Å². The third-order valence-corrected chi connectivity index (χ3v) is 5.16. The molecule has 1 amide bonds. The van der Waals surface area contributed by atoms with Crippen molar-refractivity contribution in [3.05, 3.63) is 81.1 Å². The quantitative estimate of drug-likeness (QED) is 0.375. The summed E-state index contributed by atoms with van der Waals surface area (Å²) < 4.78 is 17.2. The van der Waals surface area contributed by atoms with Crippen LogP contribution in [0.2, 0.25) is 10.0 Å². The average Bonchev–Trinajstić information content (AvgIpc) is 3.30. The van der Waals surface area contributed by atoms with Crippen LogP contribution in [0.3, 0.4) is 0 Å². The highest BCUT2D eigenvalue weighted by Crippen LogP contribution is 2.32. The zero-order chi connectivity index (χ0) is 22.0. The molecule has 0 saturated heterocycles. The lowest BCUT2D eigenvalue weighted by molar-refractivity contribution is -0.122. The number of benzene rings is 2. The fourth-order valence-electron chi connectivity index (χ4n) is 3.07. The lowest BCUT2D eigenvalue weighted by Crippen LogP contribution is -2.34. The first kappa shape index (κ1) is 21.0. The number of fused-ring (bicyclic) bond motifs is 1. The molecule has 0 spiro atoms. The van der Waals surface area contributed by atoms with Crippen molar-refractivity contribution < 1.29 is 18.4 Å². The van der Waals surface area contributed by atoms with Crippen LogP contribution in [-0.2, 0) is 4.79 Å². The third-order valence-electron chi connectivity index (χ3n) is 4.61. The van der Waals surface area contributed by atoms with Gasteiger partial charge in [-0.15, -0.1) is 0 Å². The van der Waals surface area contributed by atoms with Crippen LogP contribution in [0, 0.1) is 0 Å². The Labute approximate surface area is 187 Å². The summed E-state index contributed by atoms with van der Waals surface area (Å²) in [6.07, 6.45) is 0.770. The molecule has 8 heteroatoms. The summed E-state index contributed by atoms with van der Waals surface area (Å²) in [4.78, 5) is 26.0. The Kier molecular flexibility index (Phi) is 6.02. The van der Waals surface area contributed by atoms with Gasteiger partial charge in [-0.05, 0) is 48.9 Å². The van der Waals surface area contributed by atoms with E-state index in [-0.39, 0.29) is 16.5 Å². The first-order chi connectivity index (χ1) is 15.0. The van der Waals surface area contributed by atoms with Crippen LogP contribution in [0.25, 0.3) is 22.5 Å². The number of halogens is 2. The normalized spacial score (nSPS) is 12.0. The number of hydrogen-bond acceptors (Lipinski definition) is 5. The van der Waals surface area contributed by atoms with Crippen LogP contribution in [0.5, 0.6) is 5.75 Å². The Hall–Kier alpha value is -3.22. The summed E-state index contributed by atoms with van der Waals surface area (Å²) in [7, 11) is 0. The van der Waals surface area contributed by atoms with Crippen LogP contribution in [0.4, 0.5) is 5.69 Å². The third kappa shape index (κ3) is 4.31. The largest absolute Gasteiger partial charge is 0.473 e. The molecular formula is C23H17Cl2NO5. The van der Waals surface area contributed by atoms with Gasteiger partial charge in [0.15, 0.2) is 11.9 Å². The van der Waals surface area contributed by atoms with Crippen molar-refractivity contribution in [2.75, 3.05) is 5.32 Å². The van der Waals surface area contributed by atoms with E-state index >= 15 is 0 Å². The molecule has 0 aliphatic carbocycles. The highest BCUT2D eigenvalue weighted by Gasteiger charge is 2.26. The predicted molar refractivity (Wildman–Crippen MR) is 120 cm³/mol. The second kappa shape index (κ2) is 8.88. The first-order valence-electron chi connectivity index (χ1n) is 9.50. The molecule has 4 rings (SSSR count). The van der Waals surface area contributed by atoms with E-state index in [2.05, 4.69) is 5.32 Å². The van der Waals surface area contributed by atoms with E-state index in [0.29, 0.717) is 33.9 Å². The monoisotopic (exact) mass is 457 g/mol. The zero-order valence-corrected chi connectivity index (χ0v) is 17.9. The van der Waals surface area contributed by atoms with Crippen molar-refractivity contribution in [1.82, 2.24) is 0 Å². The number of anilines is 1. The minimum Gasteiger partial charge on any atom is -0.473 e. The van der Waals surface area contributed by atoms with Crippen molar-refractivity contribution in [2.45, 2.75) is 19.4 Å². The molecule has 158 valence electrons. The molecule has 1 unspecified atom stereocenters. The van der Waals surface area contributed by atoms with Crippen molar-refractivity contribution in [3.8, 4) is 17.3 Å². The minimum atomic E-state index is -0.982. The number of rotatable bonds is 6. The number of amides is 1. The van der Waals surface area contributed by atoms with Crippen molar-refractivity contribution >= 4 is 45.8 Å². The van der Waals surface area contributed by atoms with Gasteiger partial charge in [-0.25, -0.2) is 0 Å². The lowest BCUT2D eigenvalue weighted by atomic mass is 10.1. The lowest BCUT2D eigenvalue weighted by Gasteiger charge is -2.18. The average molecular weight is 458 g/mol. The molecule has 1 N–H and O–H groups in total. The van der Waals surface area contributed by atoms with E-state index in [1.54, 1.807) is 55.5 Å². The Morgan fingerprint density at radius 2 is 1.94 bits per heavy atom. The van der Waals surface area contributed by atoms with Crippen LogP contribution in [0.15, 0.2) is 74.5 Å². The van der Waals surface area contributed by atoms with E-state index in [1.165, 1.54) is 12.3 Å². The van der Waals surface area contributed by atoms with Crippen LogP contribution >= 0.6 is 23.2 Å². The molecule has 1 atom stereocenters. The molecule has 4 aromatic rings. The van der Waals surface area contributed by atoms with Gasteiger partial charge in [0.25, 0.3) is 5.91 Å². The Balaban J connectivity index is 1.72. The van der Waals surface area contributed by atoms with E-state index in [1.807, 2.05) is 0 Å². The summed E-state index contributed by atoms with van der Waals surface area (Å²) >= 11 is 12.1. The maximum Gasteiger partial charge on any atom is 0.265 e. The Morgan fingerprint density at radius 3 is 2.65 bits per heavy atom. The number of carbonyl (C=O) groups is 1. The van der Waals surface area contributed by atoms with E-state index in [9.17, 15) is 9.59 Å². The van der Waals surface area contributed by atoms with E-state index in [0.717, 1.165) is 0 Å². The smallest absolute Gasteiger partial charge is 0.265 e. The van der Waals surface area contributed by atoms with Crippen LogP contribution in [0.1, 0.15) is 13.3 Å². The maximum absolute atomic E-state index is 13.2. The number of nitrogens with one attached hydrogen (secondary N) is 1. The van der Waals surface area contributed by atoms with Gasteiger partial charge in [-0.3, -0.25) is 9.59 Å². The van der Waals surface area contributed by atoms with Gasteiger partial charge in [-0.1, -0.05) is 42.3 Å². The van der Waals surface area contributed by atoms with Gasteiger partial charge in [0.05, 0.1) is 22.4 Å². The SMILES string of the molecule is CCC(Oc1c(-c2ccco2)oc2ccccc2c1=O)C(=O)Nc1ccc(Cl)cc1Cl. The Bertz CT molecular complexity index is 1300. The second-order valence-corrected chi connectivity index (χ2v) is 7.53. The van der Waals surface area contributed by atoms with Crippen LogP contribution in [-0.4, -0.2) is 12.0 Å². The van der Waals surface area contributed by atoms with Gasteiger partial charge >= 0.3 is 0 Å².